The third-order valence-electron chi connectivity index (χ3n) is 5.29. The molecule has 4 nitrogen and oxygen atoms in total. The molecule has 0 aromatic carbocycles. The van der Waals surface area contributed by atoms with Crippen LogP contribution in [0.2, 0.25) is 0 Å². The first-order valence-electron chi connectivity index (χ1n) is 8.18. The molecule has 2 unspecified atom stereocenters. The van der Waals surface area contributed by atoms with Crippen molar-refractivity contribution in [1.82, 2.24) is 4.31 Å². The van der Waals surface area contributed by atoms with E-state index < -0.39 is 10.0 Å². The summed E-state index contributed by atoms with van der Waals surface area (Å²) in [6, 6.07) is 0. The van der Waals surface area contributed by atoms with E-state index in [-0.39, 0.29) is 10.8 Å². The maximum Gasteiger partial charge on any atom is 0.217 e. The van der Waals surface area contributed by atoms with Gasteiger partial charge in [0.2, 0.25) is 10.0 Å². The van der Waals surface area contributed by atoms with Gasteiger partial charge in [0.15, 0.2) is 0 Å². The van der Waals surface area contributed by atoms with Crippen molar-refractivity contribution in [3.8, 4) is 0 Å². The summed E-state index contributed by atoms with van der Waals surface area (Å²) in [7, 11) is -3.19. The number of nitrogens with zero attached hydrogens (tertiary/aromatic N) is 1. The zero-order valence-electron chi connectivity index (χ0n) is 13.0. The Morgan fingerprint density at radius 2 is 1.85 bits per heavy atom. The van der Waals surface area contributed by atoms with Gasteiger partial charge in [0.05, 0.1) is 5.25 Å². The van der Waals surface area contributed by atoms with Crippen molar-refractivity contribution >= 4 is 10.0 Å². The molecular formula is C15H30N2O2S. The summed E-state index contributed by atoms with van der Waals surface area (Å²) in [5.74, 6) is 0.570. The van der Waals surface area contributed by atoms with E-state index in [1.165, 1.54) is 6.42 Å². The molecule has 118 valence electrons. The fourth-order valence-electron chi connectivity index (χ4n) is 4.30. The molecule has 0 radical (unpaired) electrons. The van der Waals surface area contributed by atoms with Crippen LogP contribution in [-0.4, -0.2) is 36.6 Å². The highest BCUT2D eigenvalue weighted by Gasteiger charge is 2.46. The zero-order chi connectivity index (χ0) is 14.8. The van der Waals surface area contributed by atoms with Crippen LogP contribution in [0.3, 0.4) is 0 Å². The Hall–Kier alpha value is -0.130. The van der Waals surface area contributed by atoms with Gasteiger partial charge in [0.1, 0.15) is 0 Å². The molecule has 2 fully saturated rings. The highest BCUT2D eigenvalue weighted by atomic mass is 32.2. The van der Waals surface area contributed by atoms with Crippen LogP contribution in [0.4, 0.5) is 0 Å². The number of rotatable bonds is 5. The molecule has 0 aliphatic heterocycles. The largest absolute Gasteiger partial charge is 0.329 e. The molecule has 2 N–H and O–H groups in total. The second kappa shape index (κ2) is 6.32. The summed E-state index contributed by atoms with van der Waals surface area (Å²) in [6.45, 7) is 5.20. The van der Waals surface area contributed by atoms with Crippen molar-refractivity contribution in [2.45, 2.75) is 76.0 Å². The third kappa shape index (κ3) is 2.90. The van der Waals surface area contributed by atoms with Gasteiger partial charge >= 0.3 is 0 Å². The second-order valence-electron chi connectivity index (χ2n) is 6.75. The van der Waals surface area contributed by atoms with Crippen LogP contribution in [0, 0.1) is 5.92 Å². The first-order valence-corrected chi connectivity index (χ1v) is 9.68. The molecule has 0 spiro atoms. The molecular weight excluding hydrogens is 272 g/mol. The van der Waals surface area contributed by atoms with Crippen LogP contribution in [0.15, 0.2) is 0 Å². The standard InChI is InChI=1S/C15H30N2O2S/c1-3-17(20(18,19)14-8-4-5-9-14)15(12-16)10-6-7-13(2)11-15/h13-14H,3-12,16H2,1-2H3. The van der Waals surface area contributed by atoms with Crippen LogP contribution < -0.4 is 5.73 Å². The average Bonchev–Trinajstić information content (AvgIpc) is 2.93. The van der Waals surface area contributed by atoms with Crippen molar-refractivity contribution in [2.24, 2.45) is 11.7 Å². The molecule has 0 heterocycles. The first-order chi connectivity index (χ1) is 9.46. The molecule has 0 aromatic heterocycles. The van der Waals surface area contributed by atoms with E-state index in [0.717, 1.165) is 44.9 Å². The highest BCUT2D eigenvalue weighted by molar-refractivity contribution is 7.89. The SMILES string of the molecule is CCN(C1(CN)CCCC(C)C1)S(=O)(=O)C1CCCC1. The van der Waals surface area contributed by atoms with Crippen molar-refractivity contribution < 1.29 is 8.42 Å². The fourth-order valence-corrected chi connectivity index (χ4v) is 6.73. The Balaban J connectivity index is 2.29. The van der Waals surface area contributed by atoms with Crippen molar-refractivity contribution in [3.05, 3.63) is 0 Å². The number of hydrogen-bond donors (Lipinski definition) is 1. The lowest BCUT2D eigenvalue weighted by Crippen LogP contribution is -2.59. The predicted octanol–water partition coefficient (Wildman–Crippen LogP) is 2.49. The average molecular weight is 302 g/mol. The molecule has 2 saturated carbocycles. The van der Waals surface area contributed by atoms with Gasteiger partial charge < -0.3 is 5.73 Å². The second-order valence-corrected chi connectivity index (χ2v) is 8.88. The summed E-state index contributed by atoms with van der Waals surface area (Å²) >= 11 is 0. The maximum absolute atomic E-state index is 13.0. The Bertz CT molecular complexity index is 418. The van der Waals surface area contributed by atoms with Gasteiger partial charge in [-0.1, -0.05) is 39.5 Å². The Labute approximate surface area is 124 Å². The smallest absolute Gasteiger partial charge is 0.217 e. The maximum atomic E-state index is 13.0. The van der Waals surface area contributed by atoms with E-state index in [2.05, 4.69) is 6.92 Å². The lowest BCUT2D eigenvalue weighted by atomic mass is 9.76. The first kappa shape index (κ1) is 16.2. The van der Waals surface area contributed by atoms with E-state index in [4.69, 9.17) is 5.73 Å². The third-order valence-corrected chi connectivity index (χ3v) is 7.87. The minimum atomic E-state index is -3.19. The number of hydrogen-bond acceptors (Lipinski definition) is 3. The zero-order valence-corrected chi connectivity index (χ0v) is 13.8. The molecule has 2 atom stereocenters. The van der Waals surface area contributed by atoms with Gasteiger partial charge in [-0.05, 0) is 31.6 Å². The van der Waals surface area contributed by atoms with E-state index in [1.54, 1.807) is 4.31 Å². The number of nitrogens with two attached hydrogens (primary N) is 1. The molecule has 2 aliphatic rings. The molecule has 2 aliphatic carbocycles. The molecule has 0 amide bonds. The minimum Gasteiger partial charge on any atom is -0.329 e. The predicted molar refractivity (Wildman–Crippen MR) is 83.0 cm³/mol. The quantitative estimate of drug-likeness (QED) is 0.848. The Morgan fingerprint density at radius 3 is 2.35 bits per heavy atom. The molecule has 20 heavy (non-hydrogen) atoms. The topological polar surface area (TPSA) is 63.4 Å². The van der Waals surface area contributed by atoms with E-state index >= 15 is 0 Å². The molecule has 2 rings (SSSR count). The van der Waals surface area contributed by atoms with Crippen LogP contribution in [0.25, 0.3) is 0 Å². The summed E-state index contributed by atoms with van der Waals surface area (Å²) in [4.78, 5) is 0. The van der Waals surface area contributed by atoms with Gasteiger partial charge in [0, 0.05) is 18.6 Å². The normalized spacial score (nSPS) is 32.9. The van der Waals surface area contributed by atoms with Gasteiger partial charge in [-0.15, -0.1) is 0 Å². The molecule has 0 aromatic rings. The van der Waals surface area contributed by atoms with E-state index in [0.29, 0.717) is 19.0 Å². The van der Waals surface area contributed by atoms with Gasteiger partial charge in [0.25, 0.3) is 0 Å². The van der Waals surface area contributed by atoms with Gasteiger partial charge in [-0.25, -0.2) is 8.42 Å². The van der Waals surface area contributed by atoms with E-state index in [1.807, 2.05) is 6.92 Å². The lowest BCUT2D eigenvalue weighted by molar-refractivity contribution is 0.111. The summed E-state index contributed by atoms with van der Waals surface area (Å²) in [5.41, 5.74) is 5.74. The van der Waals surface area contributed by atoms with Gasteiger partial charge in [-0.2, -0.15) is 4.31 Å². The molecule has 0 bridgehead atoms. The van der Waals surface area contributed by atoms with E-state index in [9.17, 15) is 8.42 Å². The monoisotopic (exact) mass is 302 g/mol. The van der Waals surface area contributed by atoms with Crippen LogP contribution in [-0.2, 0) is 10.0 Å². The van der Waals surface area contributed by atoms with Gasteiger partial charge in [-0.3, -0.25) is 0 Å². The van der Waals surface area contributed by atoms with Crippen LogP contribution in [0.1, 0.15) is 65.2 Å². The van der Waals surface area contributed by atoms with Crippen molar-refractivity contribution in [3.63, 3.8) is 0 Å². The number of likely N-dealkylation sites (N-methyl/N-ethyl adjacent to an activating group) is 1. The van der Waals surface area contributed by atoms with Crippen LogP contribution in [0.5, 0.6) is 0 Å². The van der Waals surface area contributed by atoms with Crippen molar-refractivity contribution in [2.75, 3.05) is 13.1 Å². The molecule has 0 saturated heterocycles. The highest BCUT2D eigenvalue weighted by Crippen LogP contribution is 2.40. The van der Waals surface area contributed by atoms with Crippen molar-refractivity contribution in [1.29, 1.82) is 0 Å². The minimum absolute atomic E-state index is 0.164. The van der Waals surface area contributed by atoms with Crippen LogP contribution >= 0.6 is 0 Å². The molecule has 5 heteroatoms. The fraction of sp³-hybridized carbons (Fsp3) is 1.00. The lowest BCUT2D eigenvalue weighted by Gasteiger charge is -2.47. The Morgan fingerprint density at radius 1 is 1.20 bits per heavy atom. The summed E-state index contributed by atoms with van der Waals surface area (Å²) < 4.78 is 27.8. The summed E-state index contributed by atoms with van der Waals surface area (Å²) in [5, 5.41) is -0.164. The Kier molecular flexibility index (Phi) is 5.14. The summed E-state index contributed by atoms with van der Waals surface area (Å²) in [6.07, 6.45) is 7.89. The number of sulfonamides is 1.